The molecule has 3 rings (SSSR count). The van der Waals surface area contributed by atoms with Gasteiger partial charge in [0.15, 0.2) is 5.82 Å². The number of nitrogens with zero attached hydrogens (tertiary/aromatic N) is 4. The van der Waals surface area contributed by atoms with Gasteiger partial charge in [0.25, 0.3) is 5.91 Å². The SMILES string of the molecule is C=C(N1CCO[C@@H](c2ccc(OCCCN(C)C)cc2)C1)N(C)C(=O)/C=C(\N)c1ccncc1F. The first-order valence-electron chi connectivity index (χ1n) is 11.5. The average molecular weight is 484 g/mol. The number of pyridine rings is 1. The number of morpholine rings is 1. The molecule has 35 heavy (non-hydrogen) atoms. The van der Waals surface area contributed by atoms with Gasteiger partial charge in [-0.15, -0.1) is 0 Å². The maximum Gasteiger partial charge on any atom is 0.253 e. The Kier molecular flexibility index (Phi) is 9.22. The van der Waals surface area contributed by atoms with E-state index >= 15 is 0 Å². The lowest BCUT2D eigenvalue weighted by Gasteiger charge is -2.38. The highest BCUT2D eigenvalue weighted by Gasteiger charge is 2.26. The Morgan fingerprint density at radius 3 is 2.74 bits per heavy atom. The van der Waals surface area contributed by atoms with Crippen molar-refractivity contribution in [3.8, 4) is 5.75 Å². The maximum atomic E-state index is 13.9. The van der Waals surface area contributed by atoms with Crippen LogP contribution in [0.4, 0.5) is 4.39 Å². The fraction of sp³-hybridized carbons (Fsp3) is 0.385. The third-order valence-electron chi connectivity index (χ3n) is 5.78. The van der Waals surface area contributed by atoms with Crippen LogP contribution in [0.5, 0.6) is 5.75 Å². The van der Waals surface area contributed by atoms with Crippen molar-refractivity contribution in [2.24, 2.45) is 5.73 Å². The Morgan fingerprint density at radius 2 is 2.06 bits per heavy atom. The standard InChI is InChI=1S/C26H34FN5O3/c1-19(31(4)26(33)16-24(28)22-10-11-29-17-23(22)27)32-13-15-35-25(18-32)20-6-8-21(9-7-20)34-14-5-12-30(2)3/h6-11,16-17,25H,1,5,12-15,18,28H2,2-4H3/b24-16-/t25-/m1/s1. The summed E-state index contributed by atoms with van der Waals surface area (Å²) in [5, 5.41) is 0. The van der Waals surface area contributed by atoms with E-state index in [1.165, 1.54) is 23.2 Å². The summed E-state index contributed by atoms with van der Waals surface area (Å²) in [4.78, 5) is 22.0. The molecule has 1 fully saturated rings. The van der Waals surface area contributed by atoms with Crippen LogP contribution in [0.15, 0.2) is 61.2 Å². The first-order valence-corrected chi connectivity index (χ1v) is 11.5. The van der Waals surface area contributed by atoms with Crippen LogP contribution in [-0.2, 0) is 9.53 Å². The van der Waals surface area contributed by atoms with Crippen molar-refractivity contribution < 1.29 is 18.7 Å². The minimum absolute atomic E-state index is 0.0263. The molecule has 1 aliphatic heterocycles. The molecule has 2 heterocycles. The van der Waals surface area contributed by atoms with Crippen LogP contribution in [0, 0.1) is 5.82 Å². The van der Waals surface area contributed by atoms with Gasteiger partial charge < -0.3 is 25.0 Å². The van der Waals surface area contributed by atoms with E-state index in [0.717, 1.165) is 30.5 Å². The van der Waals surface area contributed by atoms with Gasteiger partial charge in [-0.2, -0.15) is 0 Å². The predicted octanol–water partition coefficient (Wildman–Crippen LogP) is 2.85. The zero-order valence-corrected chi connectivity index (χ0v) is 20.6. The second-order valence-corrected chi connectivity index (χ2v) is 8.65. The molecule has 2 aromatic rings. The van der Waals surface area contributed by atoms with Crippen LogP contribution in [0.2, 0.25) is 0 Å². The molecule has 9 heteroatoms. The molecule has 0 unspecified atom stereocenters. The van der Waals surface area contributed by atoms with Crippen molar-refractivity contribution in [3.63, 3.8) is 0 Å². The van der Waals surface area contributed by atoms with Crippen LogP contribution in [0.1, 0.15) is 23.7 Å². The highest BCUT2D eigenvalue weighted by Crippen LogP contribution is 2.26. The van der Waals surface area contributed by atoms with Crippen LogP contribution in [0.25, 0.3) is 5.70 Å². The largest absolute Gasteiger partial charge is 0.494 e. The topological polar surface area (TPSA) is 84.2 Å². The molecule has 1 aromatic carbocycles. The number of carbonyl (C=O) groups excluding carboxylic acids is 1. The summed E-state index contributed by atoms with van der Waals surface area (Å²) in [5.41, 5.74) is 7.12. The van der Waals surface area contributed by atoms with E-state index in [2.05, 4.69) is 16.5 Å². The van der Waals surface area contributed by atoms with Crippen LogP contribution < -0.4 is 10.5 Å². The quantitative estimate of drug-likeness (QED) is 0.411. The number of halogens is 1. The molecule has 2 N–H and O–H groups in total. The number of ether oxygens (including phenoxy) is 2. The summed E-state index contributed by atoms with van der Waals surface area (Å²) < 4.78 is 25.7. The highest BCUT2D eigenvalue weighted by atomic mass is 19.1. The number of hydrogen-bond acceptors (Lipinski definition) is 7. The van der Waals surface area contributed by atoms with Crippen molar-refractivity contribution in [3.05, 3.63) is 78.1 Å². The molecule has 1 saturated heterocycles. The Morgan fingerprint density at radius 1 is 1.31 bits per heavy atom. The highest BCUT2D eigenvalue weighted by molar-refractivity contribution is 5.95. The predicted molar refractivity (Wildman–Crippen MR) is 134 cm³/mol. The molecule has 8 nitrogen and oxygen atoms in total. The van der Waals surface area contributed by atoms with E-state index in [0.29, 0.717) is 32.1 Å². The summed E-state index contributed by atoms with van der Waals surface area (Å²) in [6, 6.07) is 9.32. The molecule has 0 saturated carbocycles. The lowest BCUT2D eigenvalue weighted by atomic mass is 10.1. The molecule has 0 bridgehead atoms. The normalized spacial score (nSPS) is 16.3. The molecule has 0 aliphatic carbocycles. The molecule has 188 valence electrons. The van der Waals surface area contributed by atoms with Gasteiger partial charge in [0, 0.05) is 50.2 Å². The molecular weight excluding hydrogens is 449 g/mol. The molecular formula is C26H34FN5O3. The third-order valence-corrected chi connectivity index (χ3v) is 5.78. The average Bonchev–Trinajstić information content (AvgIpc) is 2.86. The molecule has 1 atom stereocenters. The first-order chi connectivity index (χ1) is 16.8. The summed E-state index contributed by atoms with van der Waals surface area (Å²) >= 11 is 0. The Hall–Kier alpha value is -3.43. The van der Waals surface area contributed by atoms with E-state index in [9.17, 15) is 9.18 Å². The molecule has 1 aliphatic rings. The number of benzene rings is 1. The fourth-order valence-electron chi connectivity index (χ4n) is 3.69. The number of aromatic nitrogens is 1. The number of carbonyl (C=O) groups is 1. The Bertz CT molecular complexity index is 1040. The van der Waals surface area contributed by atoms with Gasteiger partial charge >= 0.3 is 0 Å². The number of likely N-dealkylation sites (N-methyl/N-ethyl adjacent to an activating group) is 1. The maximum absolute atomic E-state index is 13.9. The summed E-state index contributed by atoms with van der Waals surface area (Å²) in [6.07, 6.45) is 4.46. The van der Waals surface area contributed by atoms with Gasteiger partial charge in [-0.3, -0.25) is 14.7 Å². The first kappa shape index (κ1) is 26.2. The van der Waals surface area contributed by atoms with Crippen LogP contribution in [0.3, 0.4) is 0 Å². The second kappa shape index (κ2) is 12.3. The monoisotopic (exact) mass is 483 g/mol. The van der Waals surface area contributed by atoms with Crippen molar-refractivity contribution in [1.29, 1.82) is 0 Å². The van der Waals surface area contributed by atoms with Crippen LogP contribution >= 0.6 is 0 Å². The van der Waals surface area contributed by atoms with Gasteiger partial charge in [-0.25, -0.2) is 4.39 Å². The number of hydrogen-bond donors (Lipinski definition) is 1. The van der Waals surface area contributed by atoms with Gasteiger partial charge in [-0.05, 0) is 44.3 Å². The van der Waals surface area contributed by atoms with E-state index in [4.69, 9.17) is 15.2 Å². The Labute approximate surface area is 206 Å². The van der Waals surface area contributed by atoms with Crippen molar-refractivity contribution in [1.82, 2.24) is 19.7 Å². The van der Waals surface area contributed by atoms with E-state index < -0.39 is 11.7 Å². The zero-order valence-electron chi connectivity index (χ0n) is 20.6. The van der Waals surface area contributed by atoms with Gasteiger partial charge in [0.2, 0.25) is 0 Å². The third kappa shape index (κ3) is 7.27. The number of nitrogens with two attached hydrogens (primary N) is 1. The smallest absolute Gasteiger partial charge is 0.253 e. The second-order valence-electron chi connectivity index (χ2n) is 8.65. The van der Waals surface area contributed by atoms with E-state index in [1.807, 2.05) is 43.3 Å². The minimum atomic E-state index is -0.587. The number of amides is 1. The van der Waals surface area contributed by atoms with Crippen molar-refractivity contribution in [2.45, 2.75) is 12.5 Å². The molecule has 1 aromatic heterocycles. The van der Waals surface area contributed by atoms with Gasteiger partial charge in [-0.1, -0.05) is 18.7 Å². The van der Waals surface area contributed by atoms with Gasteiger partial charge in [0.05, 0.1) is 19.4 Å². The van der Waals surface area contributed by atoms with Crippen LogP contribution in [-0.4, -0.2) is 79.6 Å². The summed E-state index contributed by atoms with van der Waals surface area (Å²) in [7, 11) is 5.70. The lowest BCUT2D eigenvalue weighted by molar-refractivity contribution is -0.125. The van der Waals surface area contributed by atoms with Gasteiger partial charge in [0.1, 0.15) is 17.7 Å². The molecule has 0 radical (unpaired) electrons. The fourth-order valence-corrected chi connectivity index (χ4v) is 3.69. The lowest BCUT2D eigenvalue weighted by Crippen LogP contribution is -2.43. The Balaban J connectivity index is 1.58. The van der Waals surface area contributed by atoms with E-state index in [1.54, 1.807) is 7.05 Å². The summed E-state index contributed by atoms with van der Waals surface area (Å²) in [6.45, 7) is 7.37. The zero-order chi connectivity index (χ0) is 25.4. The minimum Gasteiger partial charge on any atom is -0.494 e. The molecule has 1 amide bonds. The molecule has 0 spiro atoms. The van der Waals surface area contributed by atoms with Crippen molar-refractivity contribution in [2.75, 3.05) is 54.0 Å². The number of rotatable bonds is 10. The van der Waals surface area contributed by atoms with Crippen molar-refractivity contribution >= 4 is 11.6 Å². The van der Waals surface area contributed by atoms with E-state index in [-0.39, 0.29) is 17.4 Å². The summed E-state index contributed by atoms with van der Waals surface area (Å²) in [5.74, 6) is 0.354.